The van der Waals surface area contributed by atoms with Crippen LogP contribution in [0.3, 0.4) is 0 Å². The van der Waals surface area contributed by atoms with Crippen LogP contribution in [-0.2, 0) is 0 Å². The van der Waals surface area contributed by atoms with Crippen molar-refractivity contribution in [1.29, 1.82) is 0 Å². The maximum Gasteiger partial charge on any atom is 0.124 e. The summed E-state index contributed by atoms with van der Waals surface area (Å²) in [5.41, 5.74) is 11.4. The van der Waals surface area contributed by atoms with E-state index in [9.17, 15) is 5.11 Å². The monoisotopic (exact) mass is 204 g/mol. The predicted octanol–water partition coefficient (Wildman–Crippen LogP) is 0.478. The molecular weight excluding hydrogens is 192 g/mol. The van der Waals surface area contributed by atoms with Crippen LogP contribution in [0.4, 0.5) is 0 Å². The molecule has 0 saturated carbocycles. The molecule has 0 bridgehead atoms. The average molecular weight is 205 g/mol. The van der Waals surface area contributed by atoms with E-state index < -0.39 is 0 Å². The van der Waals surface area contributed by atoms with Crippen LogP contribution in [0.1, 0.15) is 11.6 Å². The van der Waals surface area contributed by atoms with Crippen LogP contribution in [0, 0.1) is 0 Å². The van der Waals surface area contributed by atoms with Crippen LogP contribution in [-0.4, -0.2) is 16.8 Å². The summed E-state index contributed by atoms with van der Waals surface area (Å²) in [6, 6.07) is 3.88. The summed E-state index contributed by atoms with van der Waals surface area (Å²) >= 11 is 0. The summed E-state index contributed by atoms with van der Waals surface area (Å²) < 4.78 is 0. The van der Waals surface area contributed by atoms with Crippen LogP contribution in [0.15, 0.2) is 18.2 Å². The summed E-state index contributed by atoms with van der Waals surface area (Å²) in [4.78, 5) is 0. The van der Waals surface area contributed by atoms with Crippen molar-refractivity contribution in [2.75, 3.05) is 6.54 Å². The van der Waals surface area contributed by atoms with Gasteiger partial charge in [0, 0.05) is 24.2 Å². The molecule has 0 spiro atoms. The molecule has 4 nitrogen and oxygen atoms in total. The van der Waals surface area contributed by atoms with Crippen LogP contribution < -0.4 is 11.5 Å². The third-order valence-electron chi connectivity index (χ3n) is 1.67. The highest BCUT2D eigenvalue weighted by atomic mass is 35.5. The molecule has 5 heteroatoms. The number of nitrogens with two attached hydrogens (primary N) is 2. The Hall–Kier alpha value is -0.970. The fourth-order valence-electron chi connectivity index (χ4n) is 0.973. The lowest BCUT2D eigenvalue weighted by atomic mass is 10.1. The smallest absolute Gasteiger partial charge is 0.124 e. The van der Waals surface area contributed by atoms with Gasteiger partial charge in [-0.3, -0.25) is 0 Å². The Kier molecular flexibility index (Phi) is 4.55. The number of halogens is 1. The lowest BCUT2D eigenvalue weighted by Crippen LogP contribution is -2.20. The van der Waals surface area contributed by atoms with Gasteiger partial charge < -0.3 is 21.7 Å². The fraction of sp³-hybridized carbons (Fsp3) is 0.250. The third-order valence-corrected chi connectivity index (χ3v) is 1.67. The number of phenols is 2. The molecule has 13 heavy (non-hydrogen) atoms. The quantitative estimate of drug-likeness (QED) is 0.564. The van der Waals surface area contributed by atoms with Crippen molar-refractivity contribution in [3.63, 3.8) is 0 Å². The van der Waals surface area contributed by atoms with E-state index in [0.29, 0.717) is 5.56 Å². The first-order valence-electron chi connectivity index (χ1n) is 3.62. The molecule has 0 aliphatic carbocycles. The van der Waals surface area contributed by atoms with E-state index >= 15 is 0 Å². The molecule has 0 aliphatic rings. The van der Waals surface area contributed by atoms with Gasteiger partial charge in [-0.1, -0.05) is 6.07 Å². The molecule has 74 valence electrons. The Bertz CT molecular complexity index is 281. The van der Waals surface area contributed by atoms with Crippen molar-refractivity contribution < 1.29 is 10.2 Å². The average Bonchev–Trinajstić information content (AvgIpc) is 2.03. The highest BCUT2D eigenvalue weighted by molar-refractivity contribution is 5.85. The van der Waals surface area contributed by atoms with Crippen LogP contribution in [0.25, 0.3) is 0 Å². The first-order valence-corrected chi connectivity index (χ1v) is 3.62. The van der Waals surface area contributed by atoms with E-state index in [1.54, 1.807) is 6.07 Å². The number of hydrogen-bond donors (Lipinski definition) is 4. The Labute approximate surface area is 82.6 Å². The summed E-state index contributed by atoms with van der Waals surface area (Å²) in [6.07, 6.45) is 0. The third kappa shape index (κ3) is 2.77. The molecule has 0 radical (unpaired) electrons. The molecule has 1 rings (SSSR count). The Morgan fingerprint density at radius 2 is 1.92 bits per heavy atom. The summed E-state index contributed by atoms with van der Waals surface area (Å²) in [7, 11) is 0. The number of phenolic OH excluding ortho intramolecular Hbond substituents is 2. The molecule has 0 unspecified atom stereocenters. The molecule has 0 saturated heterocycles. The summed E-state index contributed by atoms with van der Waals surface area (Å²) in [5.74, 6) is -0.00609. The van der Waals surface area contributed by atoms with Crippen molar-refractivity contribution in [3.05, 3.63) is 23.8 Å². The second-order valence-corrected chi connectivity index (χ2v) is 2.59. The van der Waals surface area contributed by atoms with Gasteiger partial charge in [-0.15, -0.1) is 12.4 Å². The summed E-state index contributed by atoms with van der Waals surface area (Å²) in [6.45, 7) is 0.262. The van der Waals surface area contributed by atoms with E-state index in [4.69, 9.17) is 16.6 Å². The van der Waals surface area contributed by atoms with Gasteiger partial charge in [-0.25, -0.2) is 0 Å². The molecular formula is C8H13ClN2O2. The van der Waals surface area contributed by atoms with E-state index in [2.05, 4.69) is 0 Å². The highest BCUT2D eigenvalue weighted by Crippen LogP contribution is 2.25. The molecule has 0 amide bonds. The van der Waals surface area contributed by atoms with Gasteiger partial charge in [0.1, 0.15) is 11.5 Å². The number of benzene rings is 1. The second kappa shape index (κ2) is 4.91. The minimum atomic E-state index is -0.384. The van der Waals surface area contributed by atoms with E-state index in [0.717, 1.165) is 0 Å². The maximum atomic E-state index is 9.30. The Balaban J connectivity index is 0.00000144. The fourth-order valence-corrected chi connectivity index (χ4v) is 0.973. The zero-order chi connectivity index (χ0) is 9.14. The van der Waals surface area contributed by atoms with Crippen LogP contribution >= 0.6 is 12.4 Å². The van der Waals surface area contributed by atoms with E-state index in [-0.39, 0.29) is 36.5 Å². The minimum absolute atomic E-state index is 0. The topological polar surface area (TPSA) is 92.5 Å². The standard InChI is InChI=1S/C8H12N2O2.ClH/c9-4-7(10)6-2-1-5(11)3-8(6)12;/h1-3,7,11-12H,4,9-10H2;1H/t7-;/m0./s1. The van der Waals surface area contributed by atoms with Crippen molar-refractivity contribution in [2.45, 2.75) is 6.04 Å². The first kappa shape index (κ1) is 12.0. The van der Waals surface area contributed by atoms with Gasteiger partial charge in [0.2, 0.25) is 0 Å². The van der Waals surface area contributed by atoms with Crippen molar-refractivity contribution >= 4 is 12.4 Å². The van der Waals surface area contributed by atoms with Gasteiger partial charge >= 0.3 is 0 Å². The van der Waals surface area contributed by atoms with E-state index in [1.807, 2.05) is 0 Å². The predicted molar refractivity (Wildman–Crippen MR) is 53.0 cm³/mol. The SMILES string of the molecule is Cl.NC[C@H](N)c1ccc(O)cc1O. The van der Waals surface area contributed by atoms with E-state index in [1.165, 1.54) is 12.1 Å². The molecule has 0 aromatic heterocycles. The first-order chi connectivity index (χ1) is 5.65. The number of aromatic hydroxyl groups is 2. The normalized spacial score (nSPS) is 11.8. The van der Waals surface area contributed by atoms with Crippen LogP contribution in [0.5, 0.6) is 11.5 Å². The Morgan fingerprint density at radius 3 is 2.38 bits per heavy atom. The van der Waals surface area contributed by atoms with Gasteiger partial charge in [0.15, 0.2) is 0 Å². The molecule has 0 fully saturated rings. The maximum absolute atomic E-state index is 9.30. The Morgan fingerprint density at radius 1 is 1.31 bits per heavy atom. The molecule has 1 aromatic rings. The summed E-state index contributed by atoms with van der Waals surface area (Å²) in [5, 5.41) is 18.3. The van der Waals surface area contributed by atoms with Gasteiger partial charge in [-0.05, 0) is 6.07 Å². The lowest BCUT2D eigenvalue weighted by molar-refractivity contribution is 0.442. The molecule has 0 aliphatic heterocycles. The molecule has 6 N–H and O–H groups in total. The van der Waals surface area contributed by atoms with Crippen molar-refractivity contribution in [2.24, 2.45) is 11.5 Å². The molecule has 0 heterocycles. The van der Waals surface area contributed by atoms with Crippen molar-refractivity contribution in [1.82, 2.24) is 0 Å². The number of hydrogen-bond acceptors (Lipinski definition) is 4. The zero-order valence-corrected chi connectivity index (χ0v) is 7.79. The van der Waals surface area contributed by atoms with Gasteiger partial charge in [0.25, 0.3) is 0 Å². The van der Waals surface area contributed by atoms with Gasteiger partial charge in [0.05, 0.1) is 0 Å². The lowest BCUT2D eigenvalue weighted by Gasteiger charge is -2.10. The second-order valence-electron chi connectivity index (χ2n) is 2.59. The minimum Gasteiger partial charge on any atom is -0.508 e. The van der Waals surface area contributed by atoms with Crippen LogP contribution in [0.2, 0.25) is 0 Å². The largest absolute Gasteiger partial charge is 0.508 e. The zero-order valence-electron chi connectivity index (χ0n) is 6.97. The highest BCUT2D eigenvalue weighted by Gasteiger charge is 2.08. The van der Waals surface area contributed by atoms with Gasteiger partial charge in [-0.2, -0.15) is 0 Å². The van der Waals surface area contributed by atoms with Crippen molar-refractivity contribution in [3.8, 4) is 11.5 Å². The molecule has 1 aromatic carbocycles. The molecule has 1 atom stereocenters. The number of rotatable bonds is 2.